The first-order valence-corrected chi connectivity index (χ1v) is 4.93. The number of hydrogen-bond donors (Lipinski definition) is 1. The van der Waals surface area contributed by atoms with Crippen LogP contribution in [0.1, 0.15) is 43.7 Å². The zero-order valence-electron chi connectivity index (χ0n) is 7.74. The van der Waals surface area contributed by atoms with E-state index in [2.05, 4.69) is 9.97 Å². The lowest BCUT2D eigenvalue weighted by Gasteiger charge is -2.20. The first kappa shape index (κ1) is 8.48. The number of rotatable bonds is 1. The summed E-state index contributed by atoms with van der Waals surface area (Å²) in [7, 11) is 0. The molecule has 3 nitrogen and oxygen atoms in total. The maximum absolute atomic E-state index is 5.61. The van der Waals surface area contributed by atoms with Crippen LogP contribution in [0, 0.1) is 0 Å². The Morgan fingerprint density at radius 2 is 1.92 bits per heavy atom. The Morgan fingerprint density at radius 3 is 2.62 bits per heavy atom. The van der Waals surface area contributed by atoms with Crippen LogP contribution in [0.4, 0.5) is 5.82 Å². The molecule has 0 aliphatic heterocycles. The molecule has 0 saturated heterocycles. The Hall–Kier alpha value is -1.12. The highest BCUT2D eigenvalue weighted by atomic mass is 14.9. The Morgan fingerprint density at radius 1 is 1.15 bits per heavy atom. The number of anilines is 1. The first-order valence-electron chi connectivity index (χ1n) is 4.93. The van der Waals surface area contributed by atoms with Gasteiger partial charge in [0, 0.05) is 17.7 Å². The van der Waals surface area contributed by atoms with E-state index in [9.17, 15) is 0 Å². The van der Waals surface area contributed by atoms with E-state index < -0.39 is 0 Å². The molecule has 0 spiro atoms. The zero-order chi connectivity index (χ0) is 9.10. The number of nitrogen functional groups attached to an aromatic ring is 1. The van der Waals surface area contributed by atoms with Gasteiger partial charge in [0.1, 0.15) is 12.1 Å². The maximum Gasteiger partial charge on any atom is 0.127 e. The summed E-state index contributed by atoms with van der Waals surface area (Å²) in [5.74, 6) is 1.22. The molecule has 3 heteroatoms. The molecule has 1 saturated carbocycles. The van der Waals surface area contributed by atoms with Gasteiger partial charge in [0.2, 0.25) is 0 Å². The van der Waals surface area contributed by atoms with Gasteiger partial charge in [-0.15, -0.1) is 0 Å². The zero-order valence-corrected chi connectivity index (χ0v) is 7.74. The number of nitrogens with two attached hydrogens (primary N) is 1. The number of nitrogens with zero attached hydrogens (tertiary/aromatic N) is 2. The summed E-state index contributed by atoms with van der Waals surface area (Å²) in [6.07, 6.45) is 8.12. The van der Waals surface area contributed by atoms with Crippen molar-refractivity contribution in [3.05, 3.63) is 18.1 Å². The van der Waals surface area contributed by atoms with Gasteiger partial charge in [-0.2, -0.15) is 0 Å². The summed E-state index contributed by atoms with van der Waals surface area (Å²) < 4.78 is 0. The summed E-state index contributed by atoms with van der Waals surface area (Å²) >= 11 is 0. The fourth-order valence-corrected chi connectivity index (χ4v) is 2.01. The molecular weight excluding hydrogens is 162 g/mol. The van der Waals surface area contributed by atoms with Crippen LogP contribution in [-0.4, -0.2) is 9.97 Å². The predicted octanol–water partition coefficient (Wildman–Crippen LogP) is 2.11. The van der Waals surface area contributed by atoms with E-state index in [1.54, 1.807) is 6.33 Å². The average molecular weight is 177 g/mol. The van der Waals surface area contributed by atoms with Crippen LogP contribution in [0.15, 0.2) is 12.4 Å². The molecule has 2 rings (SSSR count). The lowest BCUT2D eigenvalue weighted by atomic mass is 9.87. The smallest absolute Gasteiger partial charge is 0.127 e. The molecule has 0 bridgehead atoms. The third kappa shape index (κ3) is 1.97. The van der Waals surface area contributed by atoms with E-state index in [-0.39, 0.29) is 0 Å². The topological polar surface area (TPSA) is 51.8 Å². The molecular formula is C10H15N3. The van der Waals surface area contributed by atoms with Crippen molar-refractivity contribution in [3.8, 4) is 0 Å². The molecule has 0 aromatic carbocycles. The van der Waals surface area contributed by atoms with Crippen LogP contribution in [0.2, 0.25) is 0 Å². The van der Waals surface area contributed by atoms with Crippen molar-refractivity contribution in [2.75, 3.05) is 5.73 Å². The van der Waals surface area contributed by atoms with E-state index >= 15 is 0 Å². The van der Waals surface area contributed by atoms with Gasteiger partial charge in [-0.3, -0.25) is 0 Å². The van der Waals surface area contributed by atoms with Crippen molar-refractivity contribution in [1.82, 2.24) is 9.97 Å². The quantitative estimate of drug-likeness (QED) is 0.714. The van der Waals surface area contributed by atoms with Gasteiger partial charge in [-0.25, -0.2) is 9.97 Å². The fraction of sp³-hybridized carbons (Fsp3) is 0.600. The minimum absolute atomic E-state index is 0.593. The minimum atomic E-state index is 0.593. The summed E-state index contributed by atoms with van der Waals surface area (Å²) in [5, 5.41) is 0. The summed E-state index contributed by atoms with van der Waals surface area (Å²) in [5.41, 5.74) is 6.75. The minimum Gasteiger partial charge on any atom is -0.384 e. The average Bonchev–Trinajstić information content (AvgIpc) is 2.19. The van der Waals surface area contributed by atoms with Crippen molar-refractivity contribution in [2.24, 2.45) is 0 Å². The van der Waals surface area contributed by atoms with Gasteiger partial charge in [0.25, 0.3) is 0 Å². The molecule has 1 aromatic heterocycles. The molecule has 13 heavy (non-hydrogen) atoms. The van der Waals surface area contributed by atoms with Crippen molar-refractivity contribution in [2.45, 2.75) is 38.0 Å². The highest BCUT2D eigenvalue weighted by Crippen LogP contribution is 2.31. The molecule has 0 amide bonds. The van der Waals surface area contributed by atoms with Gasteiger partial charge < -0.3 is 5.73 Å². The SMILES string of the molecule is Nc1cc(C2CCCCC2)ncn1. The molecule has 1 fully saturated rings. The third-order valence-electron chi connectivity index (χ3n) is 2.73. The largest absolute Gasteiger partial charge is 0.384 e. The van der Waals surface area contributed by atoms with Crippen LogP contribution in [0.25, 0.3) is 0 Å². The second-order valence-corrected chi connectivity index (χ2v) is 3.70. The van der Waals surface area contributed by atoms with E-state index in [0.29, 0.717) is 11.7 Å². The molecule has 2 N–H and O–H groups in total. The molecule has 0 atom stereocenters. The first-order chi connectivity index (χ1) is 6.36. The Bertz CT molecular complexity index is 279. The monoisotopic (exact) mass is 177 g/mol. The Kier molecular flexibility index (Phi) is 2.43. The standard InChI is InChI=1S/C10H15N3/c11-10-6-9(12-7-13-10)8-4-2-1-3-5-8/h6-8H,1-5H2,(H2,11,12,13). The van der Waals surface area contributed by atoms with E-state index in [1.807, 2.05) is 6.07 Å². The highest BCUT2D eigenvalue weighted by molar-refractivity contribution is 5.29. The molecule has 0 radical (unpaired) electrons. The van der Waals surface area contributed by atoms with Crippen molar-refractivity contribution < 1.29 is 0 Å². The van der Waals surface area contributed by atoms with Crippen LogP contribution >= 0.6 is 0 Å². The van der Waals surface area contributed by atoms with Crippen molar-refractivity contribution in [3.63, 3.8) is 0 Å². The number of hydrogen-bond acceptors (Lipinski definition) is 3. The highest BCUT2D eigenvalue weighted by Gasteiger charge is 2.16. The van der Waals surface area contributed by atoms with Crippen molar-refractivity contribution in [1.29, 1.82) is 0 Å². The molecule has 1 heterocycles. The molecule has 1 aliphatic carbocycles. The van der Waals surface area contributed by atoms with Gasteiger partial charge in [-0.05, 0) is 12.8 Å². The molecule has 0 unspecified atom stereocenters. The van der Waals surface area contributed by atoms with Gasteiger partial charge in [0.05, 0.1) is 0 Å². The van der Waals surface area contributed by atoms with Crippen LogP contribution in [0.5, 0.6) is 0 Å². The molecule has 70 valence electrons. The lowest BCUT2D eigenvalue weighted by Crippen LogP contribution is -2.07. The normalized spacial score (nSPS) is 18.8. The van der Waals surface area contributed by atoms with Gasteiger partial charge >= 0.3 is 0 Å². The van der Waals surface area contributed by atoms with E-state index in [1.165, 1.54) is 32.1 Å². The van der Waals surface area contributed by atoms with Crippen LogP contribution < -0.4 is 5.73 Å². The van der Waals surface area contributed by atoms with Crippen molar-refractivity contribution >= 4 is 5.82 Å². The molecule has 1 aliphatic rings. The summed E-state index contributed by atoms with van der Waals surface area (Å²) in [6.45, 7) is 0. The third-order valence-corrected chi connectivity index (χ3v) is 2.73. The predicted molar refractivity (Wildman–Crippen MR) is 52.3 cm³/mol. The lowest BCUT2D eigenvalue weighted by molar-refractivity contribution is 0.436. The van der Waals surface area contributed by atoms with Crippen LogP contribution in [0.3, 0.4) is 0 Å². The van der Waals surface area contributed by atoms with E-state index in [4.69, 9.17) is 5.73 Å². The second-order valence-electron chi connectivity index (χ2n) is 3.70. The second kappa shape index (κ2) is 3.73. The van der Waals surface area contributed by atoms with Gasteiger partial charge in [0.15, 0.2) is 0 Å². The van der Waals surface area contributed by atoms with Gasteiger partial charge in [-0.1, -0.05) is 19.3 Å². The fourth-order valence-electron chi connectivity index (χ4n) is 2.01. The van der Waals surface area contributed by atoms with E-state index in [0.717, 1.165) is 5.69 Å². The Balaban J connectivity index is 2.14. The summed E-state index contributed by atoms with van der Waals surface area (Å²) in [4.78, 5) is 8.17. The Labute approximate surface area is 78.4 Å². The molecule has 1 aromatic rings. The van der Waals surface area contributed by atoms with Crippen LogP contribution in [-0.2, 0) is 0 Å². The number of aromatic nitrogens is 2. The maximum atomic E-state index is 5.61. The summed E-state index contributed by atoms with van der Waals surface area (Å²) in [6, 6.07) is 1.91.